The molecule has 1 amide bonds. The molecule has 1 N–H and O–H groups in total. The van der Waals surface area contributed by atoms with Crippen LogP contribution in [-0.4, -0.2) is 26.7 Å². The van der Waals surface area contributed by atoms with Crippen molar-refractivity contribution in [1.29, 1.82) is 0 Å². The molecule has 2 rings (SSSR count). The van der Waals surface area contributed by atoms with Crippen LogP contribution in [-0.2, 0) is 16.6 Å². The summed E-state index contributed by atoms with van der Waals surface area (Å²) in [5.41, 5.74) is 1.69. The number of ether oxygens (including phenoxy) is 2. The summed E-state index contributed by atoms with van der Waals surface area (Å²) in [4.78, 5) is 12.3. The van der Waals surface area contributed by atoms with Crippen LogP contribution in [0, 0.1) is 0 Å². The van der Waals surface area contributed by atoms with E-state index in [4.69, 9.17) is 32.7 Å². The SMILES string of the molecule is COc1cccc(CCC(=O)NCC(C)(C)c2ccc(Cl)c(Cl)c2)c1OC. The summed E-state index contributed by atoms with van der Waals surface area (Å²) in [7, 11) is 3.20. The van der Waals surface area contributed by atoms with Crippen molar-refractivity contribution in [2.45, 2.75) is 32.1 Å². The molecule has 27 heavy (non-hydrogen) atoms. The minimum absolute atomic E-state index is 0.0204. The van der Waals surface area contributed by atoms with Crippen LogP contribution in [0.25, 0.3) is 0 Å². The van der Waals surface area contributed by atoms with Gasteiger partial charge in [-0.05, 0) is 35.7 Å². The highest BCUT2D eigenvalue weighted by Crippen LogP contribution is 2.32. The van der Waals surface area contributed by atoms with Crippen LogP contribution < -0.4 is 14.8 Å². The van der Waals surface area contributed by atoms with Gasteiger partial charge < -0.3 is 14.8 Å². The molecule has 0 atom stereocenters. The van der Waals surface area contributed by atoms with Gasteiger partial charge in [0.1, 0.15) is 0 Å². The summed E-state index contributed by atoms with van der Waals surface area (Å²) in [6.45, 7) is 4.61. The first-order valence-electron chi connectivity index (χ1n) is 8.70. The quantitative estimate of drug-likeness (QED) is 0.664. The van der Waals surface area contributed by atoms with Crippen LogP contribution in [0.2, 0.25) is 10.0 Å². The lowest BCUT2D eigenvalue weighted by Gasteiger charge is -2.26. The van der Waals surface area contributed by atoms with Gasteiger partial charge in [0.2, 0.25) is 5.91 Å². The van der Waals surface area contributed by atoms with Crippen molar-refractivity contribution >= 4 is 29.1 Å². The minimum atomic E-state index is -0.266. The summed E-state index contributed by atoms with van der Waals surface area (Å²) in [6.07, 6.45) is 0.931. The third-order valence-electron chi connectivity index (χ3n) is 4.53. The van der Waals surface area contributed by atoms with Gasteiger partial charge in [-0.1, -0.05) is 55.2 Å². The second-order valence-electron chi connectivity index (χ2n) is 6.94. The Morgan fingerprint density at radius 1 is 1.07 bits per heavy atom. The molecule has 0 aromatic heterocycles. The zero-order valence-corrected chi connectivity index (χ0v) is 17.6. The van der Waals surface area contributed by atoms with Crippen LogP contribution in [0.3, 0.4) is 0 Å². The van der Waals surface area contributed by atoms with E-state index < -0.39 is 0 Å². The van der Waals surface area contributed by atoms with E-state index in [2.05, 4.69) is 19.2 Å². The molecule has 0 aliphatic rings. The van der Waals surface area contributed by atoms with E-state index in [9.17, 15) is 4.79 Å². The molecule has 0 unspecified atom stereocenters. The van der Waals surface area contributed by atoms with Crippen molar-refractivity contribution in [2.75, 3.05) is 20.8 Å². The van der Waals surface area contributed by atoms with E-state index >= 15 is 0 Å². The Morgan fingerprint density at radius 2 is 1.81 bits per heavy atom. The van der Waals surface area contributed by atoms with E-state index in [1.807, 2.05) is 30.3 Å². The lowest BCUT2D eigenvalue weighted by molar-refractivity contribution is -0.121. The molecule has 0 bridgehead atoms. The van der Waals surface area contributed by atoms with E-state index in [-0.39, 0.29) is 11.3 Å². The van der Waals surface area contributed by atoms with Gasteiger partial charge in [0.15, 0.2) is 11.5 Å². The third-order valence-corrected chi connectivity index (χ3v) is 5.27. The molecule has 6 heteroatoms. The Morgan fingerprint density at radius 3 is 2.44 bits per heavy atom. The van der Waals surface area contributed by atoms with Gasteiger partial charge in [-0.15, -0.1) is 0 Å². The molecule has 0 heterocycles. The fraction of sp³-hybridized carbons (Fsp3) is 0.381. The smallest absolute Gasteiger partial charge is 0.220 e. The van der Waals surface area contributed by atoms with E-state index in [0.29, 0.717) is 40.9 Å². The number of aryl methyl sites for hydroxylation is 1. The number of halogens is 2. The maximum Gasteiger partial charge on any atom is 0.220 e. The fourth-order valence-electron chi connectivity index (χ4n) is 2.83. The number of rotatable bonds is 8. The number of nitrogens with one attached hydrogen (secondary N) is 1. The lowest BCUT2D eigenvalue weighted by atomic mass is 9.84. The Labute approximate surface area is 170 Å². The van der Waals surface area contributed by atoms with Crippen LogP contribution in [0.1, 0.15) is 31.4 Å². The topological polar surface area (TPSA) is 47.6 Å². The normalized spacial score (nSPS) is 11.2. The highest BCUT2D eigenvalue weighted by Gasteiger charge is 2.22. The number of hydrogen-bond acceptors (Lipinski definition) is 3. The molecular formula is C21H25Cl2NO3. The predicted octanol–water partition coefficient (Wildman–Crippen LogP) is 5.04. The first kappa shape index (κ1) is 21.4. The van der Waals surface area contributed by atoms with Gasteiger partial charge in [-0.3, -0.25) is 4.79 Å². The molecule has 2 aromatic rings. The van der Waals surface area contributed by atoms with Crippen LogP contribution >= 0.6 is 23.2 Å². The molecule has 0 aliphatic carbocycles. The van der Waals surface area contributed by atoms with Gasteiger partial charge in [0, 0.05) is 18.4 Å². The van der Waals surface area contributed by atoms with Crippen LogP contribution in [0.4, 0.5) is 0 Å². The largest absolute Gasteiger partial charge is 0.493 e. The lowest BCUT2D eigenvalue weighted by Crippen LogP contribution is -2.36. The van der Waals surface area contributed by atoms with Gasteiger partial charge in [0.05, 0.1) is 24.3 Å². The standard InChI is InChI=1S/C21H25Cl2NO3/c1-21(2,15-9-10-16(22)17(23)12-15)13-24-19(25)11-8-14-6-5-7-18(26-3)20(14)27-4/h5-7,9-10,12H,8,11,13H2,1-4H3,(H,24,25). The van der Waals surface area contributed by atoms with Crippen molar-refractivity contribution in [3.8, 4) is 11.5 Å². The number of amides is 1. The second-order valence-corrected chi connectivity index (χ2v) is 7.76. The molecular weight excluding hydrogens is 385 g/mol. The molecule has 0 saturated carbocycles. The highest BCUT2D eigenvalue weighted by molar-refractivity contribution is 6.42. The van der Waals surface area contributed by atoms with Crippen molar-refractivity contribution in [2.24, 2.45) is 0 Å². The Bertz CT molecular complexity index is 806. The zero-order valence-electron chi connectivity index (χ0n) is 16.1. The number of benzene rings is 2. The first-order valence-corrected chi connectivity index (χ1v) is 9.46. The number of hydrogen-bond donors (Lipinski definition) is 1. The second kappa shape index (κ2) is 9.34. The minimum Gasteiger partial charge on any atom is -0.493 e. The Balaban J connectivity index is 1.95. The first-order chi connectivity index (χ1) is 12.8. The summed E-state index contributed by atoms with van der Waals surface area (Å²) >= 11 is 12.1. The number of carbonyl (C=O) groups is 1. The van der Waals surface area contributed by atoms with Gasteiger partial charge in [0.25, 0.3) is 0 Å². The van der Waals surface area contributed by atoms with Crippen molar-refractivity contribution in [3.63, 3.8) is 0 Å². The monoisotopic (exact) mass is 409 g/mol. The summed E-state index contributed by atoms with van der Waals surface area (Å²) in [5, 5.41) is 4.04. The van der Waals surface area contributed by atoms with Crippen molar-refractivity contribution < 1.29 is 14.3 Å². The van der Waals surface area contributed by atoms with Gasteiger partial charge >= 0.3 is 0 Å². The van der Waals surface area contributed by atoms with Crippen LogP contribution in [0.5, 0.6) is 11.5 Å². The van der Waals surface area contributed by atoms with E-state index in [0.717, 1.165) is 11.1 Å². The summed E-state index contributed by atoms with van der Waals surface area (Å²) in [6, 6.07) is 11.2. The number of methoxy groups -OCH3 is 2. The van der Waals surface area contributed by atoms with E-state index in [1.165, 1.54) is 0 Å². The Hall–Kier alpha value is -1.91. The molecule has 4 nitrogen and oxygen atoms in total. The van der Waals surface area contributed by atoms with E-state index in [1.54, 1.807) is 20.3 Å². The van der Waals surface area contributed by atoms with Crippen molar-refractivity contribution in [1.82, 2.24) is 5.32 Å². The summed E-state index contributed by atoms with van der Waals surface area (Å²) < 4.78 is 10.7. The molecule has 0 saturated heterocycles. The maximum atomic E-state index is 12.3. The average molecular weight is 410 g/mol. The number of carbonyl (C=O) groups excluding carboxylic acids is 1. The summed E-state index contributed by atoms with van der Waals surface area (Å²) in [5.74, 6) is 1.31. The average Bonchev–Trinajstić information content (AvgIpc) is 2.66. The number of para-hydroxylation sites is 1. The molecule has 0 radical (unpaired) electrons. The molecule has 0 aliphatic heterocycles. The molecule has 2 aromatic carbocycles. The predicted molar refractivity (Wildman–Crippen MR) is 110 cm³/mol. The highest BCUT2D eigenvalue weighted by atomic mass is 35.5. The fourth-order valence-corrected chi connectivity index (χ4v) is 3.12. The molecule has 0 fully saturated rings. The Kier molecular flexibility index (Phi) is 7.40. The van der Waals surface area contributed by atoms with Crippen LogP contribution in [0.15, 0.2) is 36.4 Å². The molecule has 146 valence electrons. The van der Waals surface area contributed by atoms with Gasteiger partial charge in [-0.25, -0.2) is 0 Å². The molecule has 0 spiro atoms. The van der Waals surface area contributed by atoms with Gasteiger partial charge in [-0.2, -0.15) is 0 Å². The zero-order chi connectivity index (χ0) is 20.0. The maximum absolute atomic E-state index is 12.3. The third kappa shape index (κ3) is 5.53. The van der Waals surface area contributed by atoms with Crippen molar-refractivity contribution in [3.05, 3.63) is 57.6 Å².